The van der Waals surface area contributed by atoms with E-state index in [1.54, 1.807) is 17.2 Å². The Kier molecular flexibility index (Phi) is 5.73. The predicted molar refractivity (Wildman–Crippen MR) is 84.8 cm³/mol. The van der Waals surface area contributed by atoms with E-state index in [1.165, 1.54) is 44.2 Å². The fraction of sp³-hybridized carbons (Fsp3) is 0.529. The Hall–Kier alpha value is -0.823. The van der Waals surface area contributed by atoms with Crippen molar-refractivity contribution >= 4 is 8.80 Å². The van der Waals surface area contributed by atoms with Crippen molar-refractivity contribution < 1.29 is 0 Å². The Balaban J connectivity index is 1.69. The summed E-state index contributed by atoms with van der Waals surface area (Å²) in [5, 5.41) is 0. The number of rotatable bonds is 8. The SMILES string of the molecule is CCC[SiH](CCC1=CC=CC1)CCC1=CC=CC1. The van der Waals surface area contributed by atoms with E-state index in [9.17, 15) is 0 Å². The minimum Gasteiger partial charge on any atom is -0.0805 e. The van der Waals surface area contributed by atoms with Crippen LogP contribution in [0.3, 0.4) is 0 Å². The lowest BCUT2D eigenvalue weighted by Gasteiger charge is -2.15. The molecule has 0 N–H and O–H groups in total. The van der Waals surface area contributed by atoms with E-state index in [1.807, 2.05) is 0 Å². The van der Waals surface area contributed by atoms with E-state index < -0.39 is 8.80 Å². The molecule has 2 aliphatic rings. The minimum absolute atomic E-state index is 0.483. The number of hydrogen-bond acceptors (Lipinski definition) is 0. The van der Waals surface area contributed by atoms with Crippen molar-refractivity contribution in [3.05, 3.63) is 47.6 Å². The van der Waals surface area contributed by atoms with Crippen LogP contribution in [-0.2, 0) is 0 Å². The molecule has 0 heterocycles. The van der Waals surface area contributed by atoms with Crippen LogP contribution in [0.2, 0.25) is 18.1 Å². The standard InChI is InChI=1S/C17H26Si/c1-2-13-18(14-11-16-7-3-4-8-16)15-12-17-9-5-6-10-17/h3-7,9,18H,2,8,10-15H2,1H3. The highest BCUT2D eigenvalue weighted by molar-refractivity contribution is 6.58. The second kappa shape index (κ2) is 7.58. The van der Waals surface area contributed by atoms with Crippen LogP contribution in [0.15, 0.2) is 47.6 Å². The van der Waals surface area contributed by atoms with Crippen LogP contribution < -0.4 is 0 Å². The molecule has 98 valence electrons. The van der Waals surface area contributed by atoms with Crippen molar-refractivity contribution in [2.75, 3.05) is 0 Å². The molecule has 2 rings (SSSR count). The van der Waals surface area contributed by atoms with Crippen molar-refractivity contribution in [1.29, 1.82) is 0 Å². The van der Waals surface area contributed by atoms with Crippen molar-refractivity contribution in [1.82, 2.24) is 0 Å². The first-order valence-electron chi connectivity index (χ1n) is 7.57. The maximum Gasteiger partial charge on any atom is 0.0374 e. The zero-order valence-corrected chi connectivity index (χ0v) is 12.9. The smallest absolute Gasteiger partial charge is 0.0374 e. The van der Waals surface area contributed by atoms with Gasteiger partial charge in [0, 0.05) is 8.80 Å². The highest BCUT2D eigenvalue weighted by atomic mass is 28.3. The van der Waals surface area contributed by atoms with Gasteiger partial charge in [0.2, 0.25) is 0 Å². The molecule has 1 heteroatoms. The highest BCUT2D eigenvalue weighted by Gasteiger charge is 2.12. The van der Waals surface area contributed by atoms with E-state index in [0.29, 0.717) is 0 Å². The minimum atomic E-state index is -0.483. The molecule has 0 saturated carbocycles. The quantitative estimate of drug-likeness (QED) is 0.526. The first-order chi connectivity index (χ1) is 8.88. The molecule has 2 aliphatic carbocycles. The van der Waals surface area contributed by atoms with Gasteiger partial charge in [-0.15, -0.1) is 0 Å². The van der Waals surface area contributed by atoms with E-state index in [-0.39, 0.29) is 0 Å². The van der Waals surface area contributed by atoms with E-state index in [0.717, 1.165) is 0 Å². The summed E-state index contributed by atoms with van der Waals surface area (Å²) < 4.78 is 0. The topological polar surface area (TPSA) is 0 Å². The molecule has 0 nitrogen and oxygen atoms in total. The van der Waals surface area contributed by atoms with Gasteiger partial charge in [0.25, 0.3) is 0 Å². The number of hydrogen-bond donors (Lipinski definition) is 0. The third-order valence-corrected chi connectivity index (χ3v) is 7.74. The lowest BCUT2D eigenvalue weighted by atomic mass is 10.2. The van der Waals surface area contributed by atoms with Gasteiger partial charge in [-0.3, -0.25) is 0 Å². The molecule has 18 heavy (non-hydrogen) atoms. The Morgan fingerprint density at radius 3 is 1.83 bits per heavy atom. The van der Waals surface area contributed by atoms with Gasteiger partial charge in [-0.25, -0.2) is 0 Å². The summed E-state index contributed by atoms with van der Waals surface area (Å²) in [7, 11) is -0.483. The van der Waals surface area contributed by atoms with Gasteiger partial charge in [-0.1, -0.05) is 79.1 Å². The summed E-state index contributed by atoms with van der Waals surface area (Å²) in [6, 6.07) is 4.60. The van der Waals surface area contributed by atoms with E-state index >= 15 is 0 Å². The average molecular weight is 258 g/mol. The summed E-state index contributed by atoms with van der Waals surface area (Å²) in [4.78, 5) is 0. The van der Waals surface area contributed by atoms with E-state index in [2.05, 4.69) is 43.4 Å². The second-order valence-electron chi connectivity index (χ2n) is 5.65. The van der Waals surface area contributed by atoms with Crippen molar-refractivity contribution in [2.45, 2.75) is 57.2 Å². The van der Waals surface area contributed by atoms with Crippen molar-refractivity contribution in [3.8, 4) is 0 Å². The zero-order valence-electron chi connectivity index (χ0n) is 11.7. The average Bonchev–Trinajstić information content (AvgIpc) is 3.05. The Morgan fingerprint density at radius 1 is 0.889 bits per heavy atom. The summed E-state index contributed by atoms with van der Waals surface area (Å²) in [6.07, 6.45) is 20.3. The van der Waals surface area contributed by atoms with E-state index in [4.69, 9.17) is 0 Å². The normalized spacial score (nSPS) is 17.7. The third-order valence-electron chi connectivity index (χ3n) is 4.14. The van der Waals surface area contributed by atoms with Gasteiger partial charge in [0.05, 0.1) is 0 Å². The molecule has 0 atom stereocenters. The molecule has 0 fully saturated rings. The van der Waals surface area contributed by atoms with Crippen molar-refractivity contribution in [2.24, 2.45) is 0 Å². The third kappa shape index (κ3) is 4.45. The van der Waals surface area contributed by atoms with Crippen LogP contribution in [0.5, 0.6) is 0 Å². The molecule has 0 bridgehead atoms. The maximum absolute atomic E-state index is 2.35. The van der Waals surface area contributed by atoms with Crippen LogP contribution in [-0.4, -0.2) is 8.80 Å². The van der Waals surface area contributed by atoms with Gasteiger partial charge in [-0.2, -0.15) is 0 Å². The largest absolute Gasteiger partial charge is 0.0805 e. The summed E-state index contributed by atoms with van der Waals surface area (Å²) in [5.41, 5.74) is 3.34. The predicted octanol–water partition coefficient (Wildman–Crippen LogP) is 5.18. The van der Waals surface area contributed by atoms with Crippen LogP contribution in [0, 0.1) is 0 Å². The molecule has 0 unspecified atom stereocenters. The fourth-order valence-corrected chi connectivity index (χ4v) is 6.21. The summed E-state index contributed by atoms with van der Waals surface area (Å²) in [6.45, 7) is 2.35. The summed E-state index contributed by atoms with van der Waals surface area (Å²) >= 11 is 0. The van der Waals surface area contributed by atoms with Gasteiger partial charge >= 0.3 is 0 Å². The summed E-state index contributed by atoms with van der Waals surface area (Å²) in [5.74, 6) is 0. The molecule has 0 amide bonds. The molecule has 0 saturated heterocycles. The first kappa shape index (κ1) is 13.6. The van der Waals surface area contributed by atoms with Crippen molar-refractivity contribution in [3.63, 3.8) is 0 Å². The van der Waals surface area contributed by atoms with Crippen LogP contribution in [0.25, 0.3) is 0 Å². The lowest BCUT2D eigenvalue weighted by Crippen LogP contribution is -2.12. The van der Waals surface area contributed by atoms with Crippen LogP contribution >= 0.6 is 0 Å². The Labute approximate surface area is 114 Å². The first-order valence-corrected chi connectivity index (χ1v) is 10.0. The molecule has 0 spiro atoms. The number of allylic oxidation sites excluding steroid dienone is 8. The maximum atomic E-state index is 2.35. The molecule has 0 radical (unpaired) electrons. The Bertz CT molecular complexity index is 337. The lowest BCUT2D eigenvalue weighted by molar-refractivity contribution is 0.952. The molecule has 0 aromatic heterocycles. The van der Waals surface area contributed by atoms with Crippen LogP contribution in [0.4, 0.5) is 0 Å². The molecular weight excluding hydrogens is 232 g/mol. The van der Waals surface area contributed by atoms with Gasteiger partial charge in [-0.05, 0) is 25.7 Å². The van der Waals surface area contributed by atoms with Gasteiger partial charge in [0.15, 0.2) is 0 Å². The molecule has 0 aromatic carbocycles. The van der Waals surface area contributed by atoms with Gasteiger partial charge < -0.3 is 0 Å². The molecule has 0 aliphatic heterocycles. The fourth-order valence-electron chi connectivity index (χ4n) is 2.97. The second-order valence-corrected chi connectivity index (χ2v) is 9.11. The van der Waals surface area contributed by atoms with Crippen LogP contribution in [0.1, 0.15) is 39.0 Å². The Morgan fingerprint density at radius 2 is 1.44 bits per heavy atom. The van der Waals surface area contributed by atoms with Gasteiger partial charge in [0.1, 0.15) is 0 Å². The monoisotopic (exact) mass is 258 g/mol. The highest BCUT2D eigenvalue weighted by Crippen LogP contribution is 2.24. The molecular formula is C17H26Si. The molecule has 0 aromatic rings. The zero-order chi connectivity index (χ0) is 12.6.